The van der Waals surface area contributed by atoms with Crippen LogP contribution in [0.1, 0.15) is 12.0 Å². The second kappa shape index (κ2) is 5.71. The van der Waals surface area contributed by atoms with Crippen molar-refractivity contribution >= 4 is 23.2 Å². The van der Waals surface area contributed by atoms with E-state index in [1.54, 1.807) is 0 Å². The van der Waals surface area contributed by atoms with E-state index in [1.165, 1.54) is 4.90 Å². The topological polar surface area (TPSA) is 49.9 Å². The largest absolute Gasteiger partial charge is 0.473 e. The van der Waals surface area contributed by atoms with E-state index in [-0.39, 0.29) is 35.5 Å². The molecule has 5 nitrogen and oxygen atoms in total. The Kier molecular flexibility index (Phi) is 3.25. The number of fused-ring (bicyclic) bond motifs is 6. The molecular formula is C23H20N2O3. The average Bonchev–Trinajstić information content (AvgIpc) is 3.42. The molecule has 28 heavy (non-hydrogen) atoms. The lowest BCUT2D eigenvalue weighted by Gasteiger charge is -2.31. The van der Waals surface area contributed by atoms with Crippen LogP contribution in [-0.2, 0) is 16.1 Å². The SMILES string of the molecule is O=C1C2C3C=CC(C3)C2C(=O)N1c1ccc2c(c1)CN(c1ccccc1)CO2. The molecule has 5 heteroatoms. The molecule has 2 bridgehead atoms. The number of amides is 2. The summed E-state index contributed by atoms with van der Waals surface area (Å²) in [4.78, 5) is 29.7. The Morgan fingerprint density at radius 3 is 2.29 bits per heavy atom. The number of anilines is 2. The lowest BCUT2D eigenvalue weighted by atomic mass is 9.85. The molecule has 4 atom stereocenters. The number of rotatable bonds is 2. The second-order valence-corrected chi connectivity index (χ2v) is 8.11. The van der Waals surface area contributed by atoms with E-state index in [0.29, 0.717) is 19.0 Å². The molecule has 2 fully saturated rings. The van der Waals surface area contributed by atoms with E-state index in [2.05, 4.69) is 29.2 Å². The Labute approximate surface area is 163 Å². The van der Waals surface area contributed by atoms with E-state index in [0.717, 1.165) is 23.4 Å². The maximum Gasteiger partial charge on any atom is 0.238 e. The number of hydrogen-bond donors (Lipinski definition) is 0. The van der Waals surface area contributed by atoms with E-state index < -0.39 is 0 Å². The summed E-state index contributed by atoms with van der Waals surface area (Å²) in [5.74, 6) is 0.854. The lowest BCUT2D eigenvalue weighted by molar-refractivity contribution is -0.123. The lowest BCUT2D eigenvalue weighted by Crippen LogP contribution is -2.34. The molecule has 2 amide bonds. The van der Waals surface area contributed by atoms with Gasteiger partial charge in [0.1, 0.15) is 5.75 Å². The fourth-order valence-electron chi connectivity index (χ4n) is 5.33. The molecule has 0 radical (unpaired) electrons. The standard InChI is InChI=1S/C23H20N2O3/c26-22-20-14-6-7-15(10-14)21(20)23(27)25(22)18-8-9-19-16(11-18)12-24(13-28-19)17-4-2-1-3-5-17/h1-9,11,14-15,20-21H,10,12-13H2. The van der Waals surface area contributed by atoms with Gasteiger partial charge < -0.3 is 9.64 Å². The molecule has 1 saturated heterocycles. The second-order valence-electron chi connectivity index (χ2n) is 8.11. The molecule has 1 saturated carbocycles. The van der Waals surface area contributed by atoms with E-state index >= 15 is 0 Å². The predicted molar refractivity (Wildman–Crippen MR) is 105 cm³/mol. The van der Waals surface area contributed by atoms with Crippen LogP contribution in [0.25, 0.3) is 0 Å². The van der Waals surface area contributed by atoms with Crippen LogP contribution in [-0.4, -0.2) is 18.5 Å². The number of hydrogen-bond acceptors (Lipinski definition) is 4. The highest BCUT2D eigenvalue weighted by Crippen LogP contribution is 2.53. The van der Waals surface area contributed by atoms with Gasteiger partial charge in [0.2, 0.25) is 11.8 Å². The first-order valence-electron chi connectivity index (χ1n) is 9.82. The minimum absolute atomic E-state index is 0.0385. The maximum atomic E-state index is 13.1. The van der Waals surface area contributed by atoms with Crippen molar-refractivity contribution in [1.29, 1.82) is 0 Å². The van der Waals surface area contributed by atoms with Crippen molar-refractivity contribution in [3.63, 3.8) is 0 Å². The average molecular weight is 372 g/mol. The number of benzene rings is 2. The third-order valence-corrected chi connectivity index (χ3v) is 6.63. The van der Waals surface area contributed by atoms with Crippen molar-refractivity contribution in [1.82, 2.24) is 0 Å². The first-order valence-corrected chi connectivity index (χ1v) is 9.82. The summed E-state index contributed by atoms with van der Waals surface area (Å²) < 4.78 is 5.91. The number of ether oxygens (including phenoxy) is 1. The molecule has 2 aromatic rings. The number of imide groups is 1. The minimum Gasteiger partial charge on any atom is -0.473 e. The fourth-order valence-corrected chi connectivity index (χ4v) is 5.33. The van der Waals surface area contributed by atoms with Crippen LogP contribution < -0.4 is 14.5 Å². The number of carbonyl (C=O) groups is 2. The summed E-state index contributed by atoms with van der Waals surface area (Å²) >= 11 is 0. The van der Waals surface area contributed by atoms with Crippen molar-refractivity contribution in [2.45, 2.75) is 13.0 Å². The van der Waals surface area contributed by atoms with Crippen LogP contribution in [0, 0.1) is 23.7 Å². The summed E-state index contributed by atoms with van der Waals surface area (Å²) in [7, 11) is 0. The predicted octanol–water partition coefficient (Wildman–Crippen LogP) is 3.35. The first kappa shape index (κ1) is 15.9. The number of allylic oxidation sites excluding steroid dienone is 2. The molecule has 0 aromatic heterocycles. The fraction of sp³-hybridized carbons (Fsp3) is 0.304. The Hall–Kier alpha value is -3.08. The maximum absolute atomic E-state index is 13.1. The van der Waals surface area contributed by atoms with Gasteiger partial charge in [0.05, 0.1) is 17.5 Å². The van der Waals surface area contributed by atoms with Gasteiger partial charge in [-0.3, -0.25) is 14.5 Å². The quantitative estimate of drug-likeness (QED) is 0.599. The third-order valence-electron chi connectivity index (χ3n) is 6.63. The van der Waals surface area contributed by atoms with Crippen LogP contribution in [0.5, 0.6) is 5.75 Å². The van der Waals surface area contributed by atoms with Gasteiger partial charge in [0.25, 0.3) is 0 Å². The van der Waals surface area contributed by atoms with Crippen molar-refractivity contribution in [3.8, 4) is 5.75 Å². The molecule has 140 valence electrons. The van der Waals surface area contributed by atoms with Crippen LogP contribution >= 0.6 is 0 Å². The van der Waals surface area contributed by atoms with Gasteiger partial charge in [0, 0.05) is 17.8 Å². The van der Waals surface area contributed by atoms with Crippen LogP contribution in [0.2, 0.25) is 0 Å². The van der Waals surface area contributed by atoms with Crippen molar-refractivity contribution in [3.05, 3.63) is 66.2 Å². The molecular weight excluding hydrogens is 352 g/mol. The van der Waals surface area contributed by atoms with Crippen LogP contribution in [0.4, 0.5) is 11.4 Å². The smallest absolute Gasteiger partial charge is 0.238 e. The summed E-state index contributed by atoms with van der Waals surface area (Å²) in [5, 5.41) is 0. The summed E-state index contributed by atoms with van der Waals surface area (Å²) in [5.41, 5.74) is 2.75. The monoisotopic (exact) mass is 372 g/mol. The van der Waals surface area contributed by atoms with Crippen LogP contribution in [0.15, 0.2) is 60.7 Å². The molecule has 4 aliphatic rings. The highest BCUT2D eigenvalue weighted by molar-refractivity contribution is 6.22. The molecule has 6 rings (SSSR count). The minimum atomic E-state index is -0.171. The van der Waals surface area contributed by atoms with Gasteiger partial charge in [-0.1, -0.05) is 30.4 Å². The third kappa shape index (κ3) is 2.13. The van der Waals surface area contributed by atoms with Gasteiger partial charge >= 0.3 is 0 Å². The summed E-state index contributed by atoms with van der Waals surface area (Å²) in [6.45, 7) is 1.17. The summed E-state index contributed by atoms with van der Waals surface area (Å²) in [6, 6.07) is 15.8. The Morgan fingerprint density at radius 2 is 1.57 bits per heavy atom. The zero-order chi connectivity index (χ0) is 18.8. The van der Waals surface area contributed by atoms with E-state index in [9.17, 15) is 9.59 Å². The van der Waals surface area contributed by atoms with Gasteiger partial charge in [-0.15, -0.1) is 0 Å². The zero-order valence-corrected chi connectivity index (χ0v) is 15.3. The highest BCUT2D eigenvalue weighted by Gasteiger charge is 2.59. The Bertz CT molecular complexity index is 986. The molecule has 4 unspecified atom stereocenters. The molecule has 0 N–H and O–H groups in total. The van der Waals surface area contributed by atoms with Gasteiger partial charge in [-0.2, -0.15) is 0 Å². The normalized spacial score (nSPS) is 29.9. The van der Waals surface area contributed by atoms with Gasteiger partial charge in [-0.05, 0) is 48.6 Å². The summed E-state index contributed by atoms with van der Waals surface area (Å²) in [6.07, 6.45) is 5.20. The zero-order valence-electron chi connectivity index (χ0n) is 15.3. The Morgan fingerprint density at radius 1 is 0.857 bits per heavy atom. The molecule has 2 aliphatic carbocycles. The highest BCUT2D eigenvalue weighted by atomic mass is 16.5. The first-order chi connectivity index (χ1) is 13.7. The molecule has 2 heterocycles. The molecule has 2 aliphatic heterocycles. The molecule has 2 aromatic carbocycles. The number of carbonyl (C=O) groups excluding carboxylic acids is 2. The van der Waals surface area contributed by atoms with Crippen LogP contribution in [0.3, 0.4) is 0 Å². The van der Waals surface area contributed by atoms with E-state index in [4.69, 9.17) is 4.74 Å². The molecule has 0 spiro atoms. The van der Waals surface area contributed by atoms with Crippen molar-refractivity contribution in [2.24, 2.45) is 23.7 Å². The number of nitrogens with zero attached hydrogens (tertiary/aromatic N) is 2. The van der Waals surface area contributed by atoms with Crippen molar-refractivity contribution < 1.29 is 14.3 Å². The Balaban J connectivity index is 1.32. The van der Waals surface area contributed by atoms with Crippen molar-refractivity contribution in [2.75, 3.05) is 16.5 Å². The van der Waals surface area contributed by atoms with E-state index in [1.807, 2.05) is 36.4 Å². The number of para-hydroxylation sites is 1. The van der Waals surface area contributed by atoms with Gasteiger partial charge in [0.15, 0.2) is 6.73 Å². The van der Waals surface area contributed by atoms with Gasteiger partial charge in [-0.25, -0.2) is 0 Å².